The molecule has 0 spiro atoms. The van der Waals surface area contributed by atoms with Gasteiger partial charge in [0.1, 0.15) is 0 Å². The first-order chi connectivity index (χ1) is 9.37. The highest BCUT2D eigenvalue weighted by Gasteiger charge is 2.30. The zero-order valence-electron chi connectivity index (χ0n) is 12.2. The third-order valence-electron chi connectivity index (χ3n) is 3.78. The average molecular weight is 305 g/mol. The SMILES string of the molecule is CCC(CC)(CNCc1ccc(C(F)(F)F)cc1)SC. The Hall–Kier alpha value is -0.680. The van der Waals surface area contributed by atoms with Crippen molar-refractivity contribution in [3.05, 3.63) is 35.4 Å². The lowest BCUT2D eigenvalue weighted by molar-refractivity contribution is -0.137. The van der Waals surface area contributed by atoms with E-state index in [0.717, 1.165) is 37.1 Å². The number of nitrogens with one attached hydrogen (secondary N) is 1. The van der Waals surface area contributed by atoms with E-state index in [1.54, 1.807) is 0 Å². The van der Waals surface area contributed by atoms with Gasteiger partial charge in [0.25, 0.3) is 0 Å². The Bertz CT molecular complexity index is 388. The second-order valence-electron chi connectivity index (χ2n) is 4.89. The van der Waals surface area contributed by atoms with Crippen LogP contribution in [-0.2, 0) is 12.7 Å². The van der Waals surface area contributed by atoms with Crippen LogP contribution in [0.15, 0.2) is 24.3 Å². The van der Waals surface area contributed by atoms with Crippen molar-refractivity contribution in [2.24, 2.45) is 0 Å². The summed E-state index contributed by atoms with van der Waals surface area (Å²) in [4.78, 5) is 0. The van der Waals surface area contributed by atoms with Gasteiger partial charge in [-0.2, -0.15) is 24.9 Å². The smallest absolute Gasteiger partial charge is 0.311 e. The highest BCUT2D eigenvalue weighted by atomic mass is 32.2. The second-order valence-corrected chi connectivity index (χ2v) is 6.17. The van der Waals surface area contributed by atoms with Crippen LogP contribution in [0.5, 0.6) is 0 Å². The molecule has 1 aromatic rings. The molecule has 1 aromatic carbocycles. The van der Waals surface area contributed by atoms with Crippen molar-refractivity contribution in [3.8, 4) is 0 Å². The van der Waals surface area contributed by atoms with E-state index >= 15 is 0 Å². The van der Waals surface area contributed by atoms with Crippen LogP contribution in [0.2, 0.25) is 0 Å². The first-order valence-corrected chi connectivity index (χ1v) is 8.01. The molecule has 0 aliphatic carbocycles. The summed E-state index contributed by atoms with van der Waals surface area (Å²) >= 11 is 1.85. The molecule has 1 nitrogen and oxygen atoms in total. The van der Waals surface area contributed by atoms with Crippen molar-refractivity contribution in [1.29, 1.82) is 0 Å². The normalized spacial score (nSPS) is 12.7. The van der Waals surface area contributed by atoms with Gasteiger partial charge in [-0.1, -0.05) is 26.0 Å². The molecule has 1 N–H and O–H groups in total. The van der Waals surface area contributed by atoms with Gasteiger partial charge in [0.05, 0.1) is 5.56 Å². The quantitative estimate of drug-likeness (QED) is 0.782. The maximum Gasteiger partial charge on any atom is 0.416 e. The van der Waals surface area contributed by atoms with Gasteiger partial charge >= 0.3 is 6.18 Å². The molecule has 0 saturated heterocycles. The van der Waals surface area contributed by atoms with Crippen molar-refractivity contribution in [2.45, 2.75) is 44.2 Å². The minimum Gasteiger partial charge on any atom is -0.311 e. The van der Waals surface area contributed by atoms with Crippen molar-refractivity contribution in [3.63, 3.8) is 0 Å². The van der Waals surface area contributed by atoms with Gasteiger partial charge in [0, 0.05) is 17.8 Å². The van der Waals surface area contributed by atoms with Gasteiger partial charge in [-0.3, -0.25) is 0 Å². The van der Waals surface area contributed by atoms with Crippen LogP contribution >= 0.6 is 11.8 Å². The van der Waals surface area contributed by atoms with Gasteiger partial charge < -0.3 is 5.32 Å². The predicted octanol–water partition coefficient (Wildman–Crippen LogP) is 4.72. The summed E-state index contributed by atoms with van der Waals surface area (Å²) in [6.45, 7) is 5.79. The summed E-state index contributed by atoms with van der Waals surface area (Å²) in [5.41, 5.74) is 0.280. The number of halogens is 3. The van der Waals surface area contributed by atoms with E-state index in [9.17, 15) is 13.2 Å². The van der Waals surface area contributed by atoms with Crippen LogP contribution in [0.25, 0.3) is 0 Å². The lowest BCUT2D eigenvalue weighted by atomic mass is 10.0. The molecule has 20 heavy (non-hydrogen) atoms. The van der Waals surface area contributed by atoms with Gasteiger partial charge in [-0.25, -0.2) is 0 Å². The standard InChI is InChI=1S/C15H22F3NS/c1-4-14(5-2,20-3)11-19-10-12-6-8-13(9-7-12)15(16,17)18/h6-9,19H,4-5,10-11H2,1-3H3. The summed E-state index contributed by atoms with van der Waals surface area (Å²) in [6.07, 6.45) is -0.00739. The second kappa shape index (κ2) is 7.36. The fourth-order valence-electron chi connectivity index (χ4n) is 2.11. The Balaban J connectivity index is 2.54. The van der Waals surface area contributed by atoms with E-state index in [1.165, 1.54) is 12.1 Å². The largest absolute Gasteiger partial charge is 0.416 e. The number of hydrogen-bond acceptors (Lipinski definition) is 2. The molecule has 0 aliphatic heterocycles. The van der Waals surface area contributed by atoms with Crippen LogP contribution in [0.1, 0.15) is 37.8 Å². The number of thioether (sulfide) groups is 1. The Morgan fingerprint density at radius 3 is 2.00 bits per heavy atom. The minimum absolute atomic E-state index is 0.214. The number of benzene rings is 1. The molecule has 0 unspecified atom stereocenters. The highest BCUT2D eigenvalue weighted by Crippen LogP contribution is 2.30. The van der Waals surface area contributed by atoms with Gasteiger partial charge in [-0.15, -0.1) is 0 Å². The molecular weight excluding hydrogens is 283 g/mol. The molecule has 0 aliphatic rings. The van der Waals surface area contributed by atoms with E-state index < -0.39 is 11.7 Å². The predicted molar refractivity (Wildman–Crippen MR) is 80.0 cm³/mol. The summed E-state index contributed by atoms with van der Waals surface area (Å²) in [7, 11) is 0. The Morgan fingerprint density at radius 1 is 1.05 bits per heavy atom. The maximum atomic E-state index is 12.4. The molecular formula is C15H22F3NS. The Morgan fingerprint density at radius 2 is 1.60 bits per heavy atom. The molecule has 5 heteroatoms. The van der Waals surface area contributed by atoms with E-state index in [1.807, 2.05) is 11.8 Å². The van der Waals surface area contributed by atoms with Crippen LogP contribution in [0, 0.1) is 0 Å². The van der Waals surface area contributed by atoms with E-state index in [4.69, 9.17) is 0 Å². The molecule has 0 bridgehead atoms. The minimum atomic E-state index is -4.26. The van der Waals surface area contributed by atoms with Gasteiger partial charge in [0.2, 0.25) is 0 Å². The summed E-state index contributed by atoms with van der Waals surface area (Å²) in [5.74, 6) is 0. The van der Waals surface area contributed by atoms with Crippen LogP contribution < -0.4 is 5.32 Å². The third kappa shape index (κ3) is 4.70. The number of hydrogen-bond donors (Lipinski definition) is 1. The van der Waals surface area contributed by atoms with E-state index in [0.29, 0.717) is 6.54 Å². The fourth-order valence-corrected chi connectivity index (χ4v) is 2.93. The Labute approximate surface area is 123 Å². The average Bonchev–Trinajstić information content (AvgIpc) is 2.44. The summed E-state index contributed by atoms with van der Waals surface area (Å²) in [5, 5.41) is 3.35. The first kappa shape index (κ1) is 17.4. The lowest BCUT2D eigenvalue weighted by Gasteiger charge is -2.30. The summed E-state index contributed by atoms with van der Waals surface area (Å²) < 4.78 is 37.6. The molecule has 0 amide bonds. The topological polar surface area (TPSA) is 12.0 Å². The molecule has 0 saturated carbocycles. The van der Waals surface area contributed by atoms with Crippen LogP contribution in [0.3, 0.4) is 0 Å². The van der Waals surface area contributed by atoms with Crippen molar-refractivity contribution < 1.29 is 13.2 Å². The molecule has 0 heterocycles. The molecule has 0 atom stereocenters. The van der Waals surface area contributed by atoms with Crippen molar-refractivity contribution >= 4 is 11.8 Å². The van der Waals surface area contributed by atoms with Crippen LogP contribution in [-0.4, -0.2) is 17.5 Å². The maximum absolute atomic E-state index is 12.4. The molecule has 0 radical (unpaired) electrons. The first-order valence-electron chi connectivity index (χ1n) is 6.79. The van der Waals surface area contributed by atoms with E-state index in [2.05, 4.69) is 25.4 Å². The number of alkyl halides is 3. The molecule has 114 valence electrons. The fraction of sp³-hybridized carbons (Fsp3) is 0.600. The molecule has 0 aromatic heterocycles. The zero-order valence-corrected chi connectivity index (χ0v) is 13.0. The number of rotatable bonds is 7. The van der Waals surface area contributed by atoms with Crippen molar-refractivity contribution in [2.75, 3.05) is 12.8 Å². The van der Waals surface area contributed by atoms with Gasteiger partial charge in [-0.05, 0) is 36.8 Å². The van der Waals surface area contributed by atoms with Crippen LogP contribution in [0.4, 0.5) is 13.2 Å². The van der Waals surface area contributed by atoms with Crippen molar-refractivity contribution in [1.82, 2.24) is 5.32 Å². The lowest BCUT2D eigenvalue weighted by Crippen LogP contribution is -2.36. The zero-order chi connectivity index (χ0) is 15.2. The molecule has 0 fully saturated rings. The molecule has 1 rings (SSSR count). The third-order valence-corrected chi connectivity index (χ3v) is 5.37. The Kier molecular flexibility index (Phi) is 6.40. The highest BCUT2D eigenvalue weighted by molar-refractivity contribution is 8.00. The van der Waals surface area contributed by atoms with Gasteiger partial charge in [0.15, 0.2) is 0 Å². The monoisotopic (exact) mass is 305 g/mol. The summed E-state index contributed by atoms with van der Waals surface area (Å²) in [6, 6.07) is 5.35. The van der Waals surface area contributed by atoms with E-state index in [-0.39, 0.29) is 4.75 Å².